The second-order valence-corrected chi connectivity index (χ2v) is 4.52. The Morgan fingerprint density at radius 2 is 1.59 bits per heavy atom. The van der Waals surface area contributed by atoms with Crippen molar-refractivity contribution in [3.63, 3.8) is 0 Å². The van der Waals surface area contributed by atoms with Gasteiger partial charge in [-0.15, -0.1) is 0 Å². The highest BCUT2D eigenvalue weighted by molar-refractivity contribution is 5.88. The summed E-state index contributed by atoms with van der Waals surface area (Å²) in [6, 6.07) is 13.7. The van der Waals surface area contributed by atoms with Gasteiger partial charge in [0.05, 0.1) is 20.3 Å². The first-order valence-electron chi connectivity index (χ1n) is 6.64. The lowest BCUT2D eigenvalue weighted by Crippen LogP contribution is -2.04. The predicted molar refractivity (Wildman–Crippen MR) is 82.1 cm³/mol. The van der Waals surface area contributed by atoms with Gasteiger partial charge in [0, 0.05) is 0 Å². The molecule has 112 valence electrons. The Morgan fingerprint density at radius 1 is 0.909 bits per heavy atom. The molecule has 0 N–H and O–H groups in total. The summed E-state index contributed by atoms with van der Waals surface area (Å²) < 4.78 is 21.7. The van der Waals surface area contributed by atoms with Crippen LogP contribution in [0.1, 0.15) is 0 Å². The first kappa shape index (κ1) is 14.0. The third-order valence-corrected chi connectivity index (χ3v) is 3.18. The summed E-state index contributed by atoms with van der Waals surface area (Å²) in [5.74, 6) is 1.53. The van der Waals surface area contributed by atoms with Crippen molar-refractivity contribution in [2.24, 2.45) is 0 Å². The van der Waals surface area contributed by atoms with Crippen LogP contribution in [0.4, 0.5) is 0 Å². The maximum absolute atomic E-state index is 12.4. The topological polar surface area (TPSA) is 57.9 Å². The molecule has 0 aliphatic carbocycles. The lowest BCUT2D eigenvalue weighted by atomic mass is 10.2. The molecule has 0 bridgehead atoms. The van der Waals surface area contributed by atoms with Crippen LogP contribution < -0.4 is 19.6 Å². The van der Waals surface area contributed by atoms with E-state index in [1.165, 1.54) is 20.3 Å². The van der Waals surface area contributed by atoms with Crippen molar-refractivity contribution in [2.75, 3.05) is 14.2 Å². The van der Waals surface area contributed by atoms with Gasteiger partial charge in [0.15, 0.2) is 11.3 Å². The van der Waals surface area contributed by atoms with E-state index in [1.54, 1.807) is 24.3 Å². The van der Waals surface area contributed by atoms with Crippen molar-refractivity contribution in [3.05, 3.63) is 58.8 Å². The van der Waals surface area contributed by atoms with E-state index >= 15 is 0 Å². The van der Waals surface area contributed by atoms with Gasteiger partial charge >= 0.3 is 0 Å². The first-order valence-corrected chi connectivity index (χ1v) is 6.64. The molecule has 5 heteroatoms. The molecule has 0 amide bonds. The van der Waals surface area contributed by atoms with Crippen molar-refractivity contribution in [1.82, 2.24) is 0 Å². The molecule has 0 spiro atoms. The Morgan fingerprint density at radius 3 is 2.27 bits per heavy atom. The number of hydrogen-bond acceptors (Lipinski definition) is 5. The minimum absolute atomic E-state index is 0.0928. The van der Waals surface area contributed by atoms with Gasteiger partial charge in [-0.3, -0.25) is 4.79 Å². The minimum Gasteiger partial charge on any atom is -0.496 e. The quantitative estimate of drug-likeness (QED) is 0.736. The van der Waals surface area contributed by atoms with Crippen LogP contribution in [0, 0.1) is 0 Å². The number of hydrogen-bond donors (Lipinski definition) is 0. The first-order chi connectivity index (χ1) is 10.7. The fraction of sp³-hybridized carbons (Fsp3) is 0.118. The zero-order valence-electron chi connectivity index (χ0n) is 12.2. The molecule has 0 saturated carbocycles. The second-order valence-electron chi connectivity index (χ2n) is 4.52. The number of fused-ring (bicyclic) bond motifs is 1. The Kier molecular flexibility index (Phi) is 3.70. The van der Waals surface area contributed by atoms with E-state index < -0.39 is 0 Å². The molecular weight excluding hydrogens is 284 g/mol. The van der Waals surface area contributed by atoms with Crippen LogP contribution in [0.25, 0.3) is 11.0 Å². The fourth-order valence-corrected chi connectivity index (χ4v) is 2.18. The normalized spacial score (nSPS) is 10.5. The van der Waals surface area contributed by atoms with Crippen LogP contribution in [0.5, 0.6) is 23.2 Å². The van der Waals surface area contributed by atoms with E-state index in [0.717, 1.165) is 0 Å². The summed E-state index contributed by atoms with van der Waals surface area (Å²) in [5.41, 5.74) is 0.0308. The molecule has 22 heavy (non-hydrogen) atoms. The molecule has 0 unspecified atom stereocenters. The number of ether oxygens (including phenoxy) is 3. The molecule has 1 heterocycles. The Bertz CT molecular complexity index is 852. The van der Waals surface area contributed by atoms with Gasteiger partial charge in [0.25, 0.3) is 5.95 Å². The van der Waals surface area contributed by atoms with E-state index in [2.05, 4.69) is 0 Å². The van der Waals surface area contributed by atoms with Crippen molar-refractivity contribution >= 4 is 11.0 Å². The van der Waals surface area contributed by atoms with Gasteiger partial charge in [-0.05, 0) is 24.3 Å². The summed E-state index contributed by atoms with van der Waals surface area (Å²) in [7, 11) is 3.00. The number of rotatable bonds is 4. The summed E-state index contributed by atoms with van der Waals surface area (Å²) in [5, 5.41) is 0.322. The highest BCUT2D eigenvalue weighted by Crippen LogP contribution is 2.33. The van der Waals surface area contributed by atoms with Crippen LogP contribution in [0.2, 0.25) is 0 Å². The number of methoxy groups -OCH3 is 2. The van der Waals surface area contributed by atoms with E-state index in [4.69, 9.17) is 18.6 Å². The molecule has 0 radical (unpaired) electrons. The van der Waals surface area contributed by atoms with Crippen LogP contribution in [-0.2, 0) is 0 Å². The largest absolute Gasteiger partial charge is 0.496 e. The Hall–Kier alpha value is -2.95. The number of para-hydroxylation sites is 1. The molecule has 0 atom stereocenters. The van der Waals surface area contributed by atoms with Crippen molar-refractivity contribution < 1.29 is 18.6 Å². The third-order valence-electron chi connectivity index (χ3n) is 3.18. The summed E-state index contributed by atoms with van der Waals surface area (Å²) in [6.45, 7) is 0. The number of benzene rings is 2. The smallest absolute Gasteiger partial charge is 0.294 e. The van der Waals surface area contributed by atoms with Gasteiger partial charge in [-0.1, -0.05) is 18.2 Å². The molecule has 5 nitrogen and oxygen atoms in total. The molecule has 0 aliphatic heterocycles. The van der Waals surface area contributed by atoms with Crippen LogP contribution in [-0.4, -0.2) is 14.2 Å². The van der Waals surface area contributed by atoms with Gasteiger partial charge in [-0.25, -0.2) is 0 Å². The van der Waals surface area contributed by atoms with Crippen LogP contribution >= 0.6 is 0 Å². The SMILES string of the molecule is COc1ccc(OC)c2c(=O)cc(Oc3ccccc3)oc12. The monoisotopic (exact) mass is 298 g/mol. The summed E-state index contributed by atoms with van der Waals surface area (Å²) >= 11 is 0. The fourth-order valence-electron chi connectivity index (χ4n) is 2.18. The standard InChI is InChI=1S/C17H14O5/c1-19-13-8-9-14(20-2)17-16(13)12(18)10-15(22-17)21-11-6-4-3-5-7-11/h3-10H,1-2H3. The minimum atomic E-state index is -0.261. The second kappa shape index (κ2) is 5.81. The van der Waals surface area contributed by atoms with E-state index in [1.807, 2.05) is 18.2 Å². The average molecular weight is 298 g/mol. The lowest BCUT2D eigenvalue weighted by Gasteiger charge is -2.10. The molecule has 3 rings (SSSR count). The van der Waals surface area contributed by atoms with E-state index in [9.17, 15) is 4.79 Å². The maximum atomic E-state index is 12.4. The van der Waals surface area contributed by atoms with Gasteiger partial charge in [-0.2, -0.15) is 0 Å². The highest BCUT2D eigenvalue weighted by atomic mass is 16.6. The zero-order chi connectivity index (χ0) is 15.5. The van der Waals surface area contributed by atoms with Crippen LogP contribution in [0.15, 0.2) is 57.7 Å². The third kappa shape index (κ3) is 2.48. The molecule has 2 aromatic carbocycles. The van der Waals surface area contributed by atoms with Crippen LogP contribution in [0.3, 0.4) is 0 Å². The summed E-state index contributed by atoms with van der Waals surface area (Å²) in [4.78, 5) is 12.4. The molecule has 1 aromatic heterocycles. The Balaban J connectivity index is 2.17. The summed E-state index contributed by atoms with van der Waals surface area (Å²) in [6.07, 6.45) is 0. The molecule has 0 aliphatic rings. The van der Waals surface area contributed by atoms with Crippen molar-refractivity contribution in [3.8, 4) is 23.2 Å². The molecule has 0 fully saturated rings. The Labute approximate surface area is 126 Å². The molecule has 3 aromatic rings. The van der Waals surface area contributed by atoms with Gasteiger partial charge < -0.3 is 18.6 Å². The van der Waals surface area contributed by atoms with E-state index in [-0.39, 0.29) is 11.4 Å². The molecule has 0 saturated heterocycles. The lowest BCUT2D eigenvalue weighted by molar-refractivity contribution is 0.343. The van der Waals surface area contributed by atoms with Gasteiger partial charge in [0.1, 0.15) is 16.9 Å². The zero-order valence-corrected chi connectivity index (χ0v) is 12.2. The predicted octanol–water partition coefficient (Wildman–Crippen LogP) is 3.60. The van der Waals surface area contributed by atoms with E-state index in [0.29, 0.717) is 28.2 Å². The van der Waals surface area contributed by atoms with Crippen molar-refractivity contribution in [1.29, 1.82) is 0 Å². The van der Waals surface area contributed by atoms with Gasteiger partial charge in [0.2, 0.25) is 5.43 Å². The average Bonchev–Trinajstić information content (AvgIpc) is 2.54. The highest BCUT2D eigenvalue weighted by Gasteiger charge is 2.15. The van der Waals surface area contributed by atoms with Crippen molar-refractivity contribution in [2.45, 2.75) is 0 Å². The maximum Gasteiger partial charge on any atom is 0.294 e. The molecular formula is C17H14O5.